The second-order valence-electron chi connectivity index (χ2n) is 12.6. The Morgan fingerprint density at radius 2 is 1.06 bits per heavy atom. The lowest BCUT2D eigenvalue weighted by Crippen LogP contribution is -2.09. The molecule has 50 heavy (non-hydrogen) atoms. The first-order valence-electron chi connectivity index (χ1n) is 16.8. The molecular weight excluding hydrogens is 611 g/mol. The zero-order valence-electron chi connectivity index (χ0n) is 27.0. The first-order valence-corrected chi connectivity index (χ1v) is 16.8. The number of fused-ring (bicyclic) bond motifs is 5. The minimum Gasteiger partial charge on any atom is -0.455 e. The first kappa shape index (κ1) is 28.3. The van der Waals surface area contributed by atoms with Crippen LogP contribution in [0.3, 0.4) is 0 Å². The number of rotatable bonds is 5. The molecule has 8 aromatic carbocycles. The molecule has 9 aromatic rings. The van der Waals surface area contributed by atoms with Gasteiger partial charge in [0.05, 0.1) is 16.6 Å². The standard InChI is InChI=1S/C46H29N3O/c1-3-12-34(13-4-1)49(35-14-5-2-6-15-35)36-25-23-31(24-26-36)38-27-28-41-43-44(39-17-9-10-18-42(39)50-45(38)43)48-46(47-41)33-22-21-32-20-19-30-11-7-8-16-37(30)40(32)29-33/h1-29H. The smallest absolute Gasteiger partial charge is 0.160 e. The molecule has 0 N–H and O–H groups in total. The summed E-state index contributed by atoms with van der Waals surface area (Å²) in [6.45, 7) is 0. The van der Waals surface area contributed by atoms with Gasteiger partial charge in [0.25, 0.3) is 0 Å². The van der Waals surface area contributed by atoms with Crippen LogP contribution in [-0.2, 0) is 0 Å². The Morgan fingerprint density at radius 3 is 1.84 bits per heavy atom. The van der Waals surface area contributed by atoms with E-state index >= 15 is 0 Å². The van der Waals surface area contributed by atoms with E-state index in [0.29, 0.717) is 5.82 Å². The summed E-state index contributed by atoms with van der Waals surface area (Å²) in [4.78, 5) is 12.7. The van der Waals surface area contributed by atoms with Crippen LogP contribution in [0.1, 0.15) is 0 Å². The Hall–Kier alpha value is -6.78. The van der Waals surface area contributed by atoms with Gasteiger partial charge in [0, 0.05) is 33.8 Å². The summed E-state index contributed by atoms with van der Waals surface area (Å²) >= 11 is 0. The highest BCUT2D eigenvalue weighted by molar-refractivity contribution is 6.09. The van der Waals surface area contributed by atoms with E-state index in [1.54, 1.807) is 0 Å². The number of anilines is 3. The summed E-state index contributed by atoms with van der Waals surface area (Å²) in [6.07, 6.45) is 0. The van der Waals surface area contributed by atoms with E-state index in [4.69, 9.17) is 14.7 Å². The van der Waals surface area contributed by atoms with Crippen LogP contribution in [-0.4, -0.2) is 9.97 Å². The summed E-state index contributed by atoms with van der Waals surface area (Å²) < 4.78 is 6.71. The fourth-order valence-corrected chi connectivity index (χ4v) is 7.25. The monoisotopic (exact) mass is 639 g/mol. The Kier molecular flexibility index (Phi) is 6.46. The van der Waals surface area contributed by atoms with Crippen molar-refractivity contribution in [1.82, 2.24) is 9.97 Å². The summed E-state index contributed by atoms with van der Waals surface area (Å²) in [6, 6.07) is 61.4. The summed E-state index contributed by atoms with van der Waals surface area (Å²) in [5, 5.41) is 5.76. The maximum Gasteiger partial charge on any atom is 0.160 e. The average molecular weight is 640 g/mol. The molecule has 1 aromatic heterocycles. The van der Waals surface area contributed by atoms with Crippen LogP contribution in [0.2, 0.25) is 0 Å². The van der Waals surface area contributed by atoms with Gasteiger partial charge in [-0.3, -0.25) is 0 Å². The van der Waals surface area contributed by atoms with Gasteiger partial charge in [0.2, 0.25) is 0 Å². The largest absolute Gasteiger partial charge is 0.455 e. The topological polar surface area (TPSA) is 38.2 Å². The Morgan fingerprint density at radius 1 is 0.440 bits per heavy atom. The second-order valence-corrected chi connectivity index (χ2v) is 12.6. The molecule has 10 rings (SSSR count). The van der Waals surface area contributed by atoms with E-state index in [9.17, 15) is 0 Å². The SMILES string of the molecule is c1ccc(N(c2ccccc2)c2ccc(-c3ccc4nc(-c5ccc6ccc7ccccc7c6c5)nc5c4c3Oc3ccccc3-5)cc2)cc1. The third-order valence-electron chi connectivity index (χ3n) is 9.64. The van der Waals surface area contributed by atoms with Crippen molar-refractivity contribution >= 4 is 49.5 Å². The van der Waals surface area contributed by atoms with Crippen LogP contribution in [0.15, 0.2) is 176 Å². The third kappa shape index (κ3) is 4.61. The zero-order valence-corrected chi connectivity index (χ0v) is 27.0. The van der Waals surface area contributed by atoms with Gasteiger partial charge < -0.3 is 9.64 Å². The third-order valence-corrected chi connectivity index (χ3v) is 9.64. The molecule has 0 amide bonds. The van der Waals surface area contributed by atoms with Gasteiger partial charge in [-0.05, 0) is 93.8 Å². The van der Waals surface area contributed by atoms with Gasteiger partial charge in [0.15, 0.2) is 5.82 Å². The van der Waals surface area contributed by atoms with Crippen molar-refractivity contribution in [2.24, 2.45) is 0 Å². The molecule has 0 spiro atoms. The van der Waals surface area contributed by atoms with Gasteiger partial charge in [-0.2, -0.15) is 0 Å². The summed E-state index contributed by atoms with van der Waals surface area (Å²) in [7, 11) is 0. The maximum absolute atomic E-state index is 6.71. The number of benzene rings is 8. The van der Waals surface area contributed by atoms with Crippen molar-refractivity contribution in [1.29, 1.82) is 0 Å². The van der Waals surface area contributed by atoms with Crippen molar-refractivity contribution in [2.75, 3.05) is 4.90 Å². The minimum atomic E-state index is 0.698. The normalized spacial score (nSPS) is 11.8. The van der Waals surface area contributed by atoms with Gasteiger partial charge in [-0.1, -0.05) is 109 Å². The Bertz CT molecular complexity index is 2680. The van der Waals surface area contributed by atoms with E-state index in [1.165, 1.54) is 21.5 Å². The molecule has 0 unspecified atom stereocenters. The number of aromatic nitrogens is 2. The van der Waals surface area contributed by atoms with E-state index in [-0.39, 0.29) is 0 Å². The van der Waals surface area contributed by atoms with Crippen LogP contribution in [0.5, 0.6) is 11.5 Å². The molecule has 2 heterocycles. The van der Waals surface area contributed by atoms with Gasteiger partial charge in [-0.25, -0.2) is 9.97 Å². The minimum absolute atomic E-state index is 0.698. The van der Waals surface area contributed by atoms with Crippen LogP contribution in [0, 0.1) is 0 Å². The summed E-state index contributed by atoms with van der Waals surface area (Å²) in [5.74, 6) is 2.27. The van der Waals surface area contributed by atoms with Crippen LogP contribution >= 0.6 is 0 Å². The van der Waals surface area contributed by atoms with Crippen LogP contribution < -0.4 is 9.64 Å². The van der Waals surface area contributed by atoms with Crippen molar-refractivity contribution in [3.05, 3.63) is 176 Å². The van der Waals surface area contributed by atoms with E-state index in [0.717, 1.165) is 67.4 Å². The summed E-state index contributed by atoms with van der Waals surface area (Å²) in [5.41, 5.74) is 9.02. The van der Waals surface area contributed by atoms with Gasteiger partial charge in [-0.15, -0.1) is 0 Å². The lowest BCUT2D eigenvalue weighted by molar-refractivity contribution is 0.488. The van der Waals surface area contributed by atoms with Crippen molar-refractivity contribution < 1.29 is 4.74 Å². The quantitative estimate of drug-likeness (QED) is 0.176. The highest BCUT2D eigenvalue weighted by atomic mass is 16.5. The lowest BCUT2D eigenvalue weighted by atomic mass is 9.95. The molecule has 0 aliphatic carbocycles. The molecule has 0 saturated carbocycles. The Labute approximate surface area is 289 Å². The second kappa shape index (κ2) is 11.4. The molecule has 234 valence electrons. The average Bonchev–Trinajstić information content (AvgIpc) is 3.19. The fraction of sp³-hybridized carbons (Fsp3) is 0. The van der Waals surface area contributed by atoms with E-state index in [2.05, 4.69) is 150 Å². The number of nitrogens with zero attached hydrogens (tertiary/aromatic N) is 3. The van der Waals surface area contributed by atoms with Crippen molar-refractivity contribution in [3.8, 4) is 45.3 Å². The zero-order chi connectivity index (χ0) is 33.0. The molecule has 1 aliphatic rings. The first-order chi connectivity index (χ1) is 24.8. The van der Waals surface area contributed by atoms with Crippen molar-refractivity contribution in [2.45, 2.75) is 0 Å². The molecule has 0 saturated heterocycles. The number of ether oxygens (including phenoxy) is 1. The number of para-hydroxylation sites is 3. The number of hydrogen-bond acceptors (Lipinski definition) is 4. The molecule has 0 fully saturated rings. The molecule has 4 heteroatoms. The Balaban J connectivity index is 1.11. The lowest BCUT2D eigenvalue weighted by Gasteiger charge is -2.26. The molecule has 4 nitrogen and oxygen atoms in total. The van der Waals surface area contributed by atoms with Crippen molar-refractivity contribution in [3.63, 3.8) is 0 Å². The highest BCUT2D eigenvalue weighted by Crippen LogP contribution is 2.50. The molecule has 1 aliphatic heterocycles. The van der Waals surface area contributed by atoms with E-state index < -0.39 is 0 Å². The predicted octanol–water partition coefficient (Wildman–Crippen LogP) is 12.5. The predicted molar refractivity (Wildman–Crippen MR) is 206 cm³/mol. The molecular formula is C46H29N3O. The number of hydrogen-bond donors (Lipinski definition) is 0. The maximum atomic E-state index is 6.71. The van der Waals surface area contributed by atoms with E-state index in [1.807, 2.05) is 30.3 Å². The molecule has 0 radical (unpaired) electrons. The molecule has 0 bridgehead atoms. The van der Waals surface area contributed by atoms with Crippen LogP contribution in [0.25, 0.3) is 66.2 Å². The highest BCUT2D eigenvalue weighted by Gasteiger charge is 2.26. The van der Waals surface area contributed by atoms with Gasteiger partial charge >= 0.3 is 0 Å². The van der Waals surface area contributed by atoms with Crippen LogP contribution in [0.4, 0.5) is 17.1 Å². The van der Waals surface area contributed by atoms with Gasteiger partial charge in [0.1, 0.15) is 11.5 Å². The fourth-order valence-electron chi connectivity index (χ4n) is 7.25. The molecule has 0 atom stereocenters.